The van der Waals surface area contributed by atoms with Crippen molar-refractivity contribution >= 4 is 17.6 Å². The number of hydrogen-bond donors (Lipinski definition) is 1. The molecule has 2 aromatic carbocycles. The van der Waals surface area contributed by atoms with Gasteiger partial charge in [0.05, 0.1) is 12.3 Å². The molecule has 2 rings (SSSR count). The second kappa shape index (κ2) is 9.47. The molecule has 1 atom stereocenters. The molecule has 0 aromatic heterocycles. The molecule has 2 aromatic rings. The van der Waals surface area contributed by atoms with Crippen LogP contribution in [0.4, 0.5) is 5.69 Å². The highest BCUT2D eigenvalue weighted by molar-refractivity contribution is 5.96. The summed E-state index contributed by atoms with van der Waals surface area (Å²) >= 11 is 0. The summed E-state index contributed by atoms with van der Waals surface area (Å²) in [7, 11) is 0. The maximum Gasteiger partial charge on any atom is 0.306 e. The Morgan fingerprint density at radius 1 is 1.04 bits per heavy atom. The predicted octanol–water partition coefficient (Wildman–Crippen LogP) is 3.59. The lowest BCUT2D eigenvalue weighted by atomic mass is 10.1. The van der Waals surface area contributed by atoms with Crippen molar-refractivity contribution in [1.29, 1.82) is 0 Å². The number of para-hydroxylation sites is 2. The SMILES string of the molecule is CCOc1ccccc1NC(=O)[C@@H](C)OC(=O)CCc1ccccc1. The molecule has 0 aliphatic heterocycles. The van der Waals surface area contributed by atoms with Crippen LogP contribution in [0.1, 0.15) is 25.8 Å². The van der Waals surface area contributed by atoms with Crippen LogP contribution < -0.4 is 10.1 Å². The van der Waals surface area contributed by atoms with Crippen molar-refractivity contribution in [2.24, 2.45) is 0 Å². The molecule has 0 radical (unpaired) electrons. The first-order valence-corrected chi connectivity index (χ1v) is 8.36. The fraction of sp³-hybridized carbons (Fsp3) is 0.300. The summed E-state index contributed by atoms with van der Waals surface area (Å²) in [5.74, 6) is -0.203. The van der Waals surface area contributed by atoms with Gasteiger partial charge in [0.2, 0.25) is 0 Å². The first-order valence-electron chi connectivity index (χ1n) is 8.36. The number of anilines is 1. The van der Waals surface area contributed by atoms with Gasteiger partial charge in [-0.05, 0) is 38.0 Å². The van der Waals surface area contributed by atoms with Crippen LogP contribution in [0, 0.1) is 0 Å². The smallest absolute Gasteiger partial charge is 0.306 e. The summed E-state index contributed by atoms with van der Waals surface area (Å²) in [5.41, 5.74) is 1.61. The molecule has 0 aliphatic carbocycles. The molecule has 0 fully saturated rings. The average Bonchev–Trinajstić information content (AvgIpc) is 2.62. The molecule has 0 heterocycles. The minimum atomic E-state index is -0.877. The second-order valence-corrected chi connectivity index (χ2v) is 5.54. The maximum atomic E-state index is 12.2. The Bertz CT molecular complexity index is 700. The zero-order chi connectivity index (χ0) is 18.1. The number of aryl methyl sites for hydroxylation is 1. The first-order chi connectivity index (χ1) is 12.1. The Balaban J connectivity index is 1.84. The fourth-order valence-corrected chi connectivity index (χ4v) is 2.29. The van der Waals surface area contributed by atoms with Crippen LogP contribution in [0.3, 0.4) is 0 Å². The standard InChI is InChI=1S/C20H23NO4/c1-3-24-18-12-8-7-11-17(18)21-20(23)15(2)25-19(22)14-13-16-9-5-4-6-10-16/h4-12,15H,3,13-14H2,1-2H3,(H,21,23)/t15-/m1/s1. The summed E-state index contributed by atoms with van der Waals surface area (Å²) in [4.78, 5) is 24.2. The Morgan fingerprint density at radius 3 is 2.44 bits per heavy atom. The van der Waals surface area contributed by atoms with E-state index in [9.17, 15) is 9.59 Å². The lowest BCUT2D eigenvalue weighted by molar-refractivity contribution is -0.153. The molecular formula is C20H23NO4. The van der Waals surface area contributed by atoms with Crippen LogP contribution >= 0.6 is 0 Å². The lowest BCUT2D eigenvalue weighted by Crippen LogP contribution is -2.30. The van der Waals surface area contributed by atoms with E-state index in [4.69, 9.17) is 9.47 Å². The Morgan fingerprint density at radius 2 is 1.72 bits per heavy atom. The average molecular weight is 341 g/mol. The zero-order valence-corrected chi connectivity index (χ0v) is 14.5. The minimum absolute atomic E-state index is 0.233. The van der Waals surface area contributed by atoms with E-state index >= 15 is 0 Å². The first kappa shape index (κ1) is 18.5. The van der Waals surface area contributed by atoms with Crippen molar-refractivity contribution < 1.29 is 19.1 Å². The van der Waals surface area contributed by atoms with E-state index in [0.29, 0.717) is 24.5 Å². The summed E-state index contributed by atoms with van der Waals surface area (Å²) in [6.07, 6.45) is -0.0591. The van der Waals surface area contributed by atoms with Gasteiger partial charge in [0.15, 0.2) is 6.10 Å². The molecule has 1 amide bonds. The summed E-state index contributed by atoms with van der Waals surface area (Å²) in [5, 5.41) is 2.73. The van der Waals surface area contributed by atoms with Crippen LogP contribution in [-0.2, 0) is 20.7 Å². The van der Waals surface area contributed by atoms with Gasteiger partial charge in [-0.25, -0.2) is 0 Å². The van der Waals surface area contributed by atoms with E-state index in [-0.39, 0.29) is 12.3 Å². The molecular weight excluding hydrogens is 318 g/mol. The molecule has 0 unspecified atom stereocenters. The van der Waals surface area contributed by atoms with Gasteiger partial charge in [-0.15, -0.1) is 0 Å². The lowest BCUT2D eigenvalue weighted by Gasteiger charge is -2.15. The van der Waals surface area contributed by atoms with Crippen molar-refractivity contribution in [3.05, 3.63) is 60.2 Å². The highest BCUT2D eigenvalue weighted by atomic mass is 16.5. The van der Waals surface area contributed by atoms with E-state index in [2.05, 4.69) is 5.32 Å². The number of carbonyl (C=O) groups excluding carboxylic acids is 2. The summed E-state index contributed by atoms with van der Waals surface area (Å²) in [6.45, 7) is 3.92. The fourth-order valence-electron chi connectivity index (χ4n) is 2.29. The number of benzene rings is 2. The molecule has 25 heavy (non-hydrogen) atoms. The number of carbonyl (C=O) groups is 2. The number of esters is 1. The van der Waals surface area contributed by atoms with Gasteiger partial charge in [-0.1, -0.05) is 42.5 Å². The molecule has 0 spiro atoms. The quantitative estimate of drug-likeness (QED) is 0.745. The van der Waals surface area contributed by atoms with Crippen LogP contribution in [0.5, 0.6) is 5.75 Å². The van der Waals surface area contributed by atoms with Gasteiger partial charge in [0.1, 0.15) is 5.75 Å². The third kappa shape index (κ3) is 5.95. The predicted molar refractivity (Wildman–Crippen MR) is 96.6 cm³/mol. The molecule has 0 saturated heterocycles. The van der Waals surface area contributed by atoms with Crippen molar-refractivity contribution in [2.75, 3.05) is 11.9 Å². The van der Waals surface area contributed by atoms with Gasteiger partial charge in [-0.2, -0.15) is 0 Å². The molecule has 0 aliphatic rings. The van der Waals surface area contributed by atoms with Crippen LogP contribution in [0.25, 0.3) is 0 Å². The molecule has 5 nitrogen and oxygen atoms in total. The van der Waals surface area contributed by atoms with Crippen LogP contribution in [-0.4, -0.2) is 24.6 Å². The third-order valence-electron chi connectivity index (χ3n) is 3.58. The van der Waals surface area contributed by atoms with Gasteiger partial charge in [0, 0.05) is 6.42 Å². The maximum absolute atomic E-state index is 12.2. The van der Waals surface area contributed by atoms with Crippen molar-refractivity contribution in [3.63, 3.8) is 0 Å². The van der Waals surface area contributed by atoms with E-state index in [1.165, 1.54) is 0 Å². The van der Waals surface area contributed by atoms with Crippen molar-refractivity contribution in [2.45, 2.75) is 32.8 Å². The highest BCUT2D eigenvalue weighted by Gasteiger charge is 2.19. The topological polar surface area (TPSA) is 64.6 Å². The van der Waals surface area contributed by atoms with Crippen LogP contribution in [0.15, 0.2) is 54.6 Å². The number of ether oxygens (including phenoxy) is 2. The molecule has 5 heteroatoms. The van der Waals surface area contributed by atoms with Gasteiger partial charge < -0.3 is 14.8 Å². The highest BCUT2D eigenvalue weighted by Crippen LogP contribution is 2.23. The normalized spacial score (nSPS) is 11.4. The molecule has 0 bridgehead atoms. The minimum Gasteiger partial charge on any atom is -0.492 e. The molecule has 0 saturated carbocycles. The van der Waals surface area contributed by atoms with Gasteiger partial charge in [-0.3, -0.25) is 9.59 Å². The Labute approximate surface area is 148 Å². The number of rotatable bonds is 8. The van der Waals surface area contributed by atoms with Crippen molar-refractivity contribution in [1.82, 2.24) is 0 Å². The molecule has 132 valence electrons. The third-order valence-corrected chi connectivity index (χ3v) is 3.58. The Kier molecular flexibility index (Phi) is 7.01. The number of nitrogens with one attached hydrogen (secondary N) is 1. The monoisotopic (exact) mass is 341 g/mol. The molecule has 1 N–H and O–H groups in total. The number of hydrogen-bond acceptors (Lipinski definition) is 4. The van der Waals surface area contributed by atoms with E-state index in [0.717, 1.165) is 5.56 Å². The summed E-state index contributed by atoms with van der Waals surface area (Å²) in [6, 6.07) is 16.8. The largest absolute Gasteiger partial charge is 0.492 e. The van der Waals surface area contributed by atoms with E-state index in [1.807, 2.05) is 43.3 Å². The Hall–Kier alpha value is -2.82. The van der Waals surface area contributed by atoms with Crippen molar-refractivity contribution in [3.8, 4) is 5.75 Å². The van der Waals surface area contributed by atoms with E-state index < -0.39 is 12.1 Å². The number of amides is 1. The van der Waals surface area contributed by atoms with Gasteiger partial charge in [0.25, 0.3) is 5.91 Å². The second-order valence-electron chi connectivity index (χ2n) is 5.54. The summed E-state index contributed by atoms with van der Waals surface area (Å²) < 4.78 is 10.7. The van der Waals surface area contributed by atoms with E-state index in [1.54, 1.807) is 25.1 Å². The zero-order valence-electron chi connectivity index (χ0n) is 14.5. The van der Waals surface area contributed by atoms with Gasteiger partial charge >= 0.3 is 5.97 Å². The van der Waals surface area contributed by atoms with Crippen LogP contribution in [0.2, 0.25) is 0 Å².